The van der Waals surface area contributed by atoms with Crippen molar-refractivity contribution >= 4 is 17.7 Å². The van der Waals surface area contributed by atoms with Crippen molar-refractivity contribution < 1.29 is 27.5 Å². The number of benzene rings is 2. The van der Waals surface area contributed by atoms with E-state index in [-0.39, 0.29) is 23.6 Å². The predicted molar refractivity (Wildman–Crippen MR) is 124 cm³/mol. The number of pyridine rings is 1. The lowest BCUT2D eigenvalue weighted by Gasteiger charge is -2.52. The molecule has 36 heavy (non-hydrogen) atoms. The highest BCUT2D eigenvalue weighted by Gasteiger charge is 2.51. The summed E-state index contributed by atoms with van der Waals surface area (Å²) in [5, 5.41) is 12.1. The van der Waals surface area contributed by atoms with Gasteiger partial charge in [0.2, 0.25) is 5.43 Å². The molecule has 3 aromatic rings. The van der Waals surface area contributed by atoms with Crippen LogP contribution in [-0.4, -0.2) is 39.2 Å². The lowest BCUT2D eigenvalue weighted by atomic mass is 9.91. The molecule has 0 bridgehead atoms. The molecular weight excluding hydrogens is 498 g/mol. The van der Waals surface area contributed by atoms with Gasteiger partial charge in [0.15, 0.2) is 23.1 Å². The zero-order chi connectivity index (χ0) is 25.4. The number of carbonyl (C=O) groups is 1. The van der Waals surface area contributed by atoms with Crippen molar-refractivity contribution in [2.24, 2.45) is 0 Å². The van der Waals surface area contributed by atoms with Crippen LogP contribution in [0.2, 0.25) is 0 Å². The first-order valence-electron chi connectivity index (χ1n) is 11.3. The maximum absolute atomic E-state index is 15.1. The average molecular weight is 518 g/mol. The molecule has 4 heterocycles. The average Bonchev–Trinajstić information content (AvgIpc) is 3.01. The van der Waals surface area contributed by atoms with E-state index in [0.717, 1.165) is 17.0 Å². The summed E-state index contributed by atoms with van der Waals surface area (Å²) in [7, 11) is 0. The van der Waals surface area contributed by atoms with Gasteiger partial charge in [0.05, 0.1) is 12.5 Å². The number of hydrogen-bond donors (Lipinski definition) is 1. The Morgan fingerprint density at radius 1 is 1.03 bits per heavy atom. The van der Waals surface area contributed by atoms with Gasteiger partial charge in [-0.25, -0.2) is 17.6 Å². The fourth-order valence-electron chi connectivity index (χ4n) is 5.32. The molecular formula is C25H19F4N3O3S. The first kappa shape index (κ1) is 23.0. The van der Waals surface area contributed by atoms with Crippen LogP contribution >= 0.6 is 11.8 Å². The van der Waals surface area contributed by atoms with Gasteiger partial charge in [-0.2, -0.15) is 0 Å². The Morgan fingerprint density at radius 3 is 2.61 bits per heavy atom. The Balaban J connectivity index is 1.68. The zero-order valence-corrected chi connectivity index (χ0v) is 19.4. The molecule has 6 rings (SSSR count). The van der Waals surface area contributed by atoms with Crippen LogP contribution in [0.15, 0.2) is 58.4 Å². The molecule has 0 unspecified atom stereocenters. The summed E-state index contributed by atoms with van der Waals surface area (Å²) in [4.78, 5) is 27.5. The lowest BCUT2D eigenvalue weighted by molar-refractivity contribution is -0.0785. The smallest absolute Gasteiger partial charge is 0.278 e. The molecule has 1 N–H and O–H groups in total. The normalized spacial score (nSPS) is 22.3. The summed E-state index contributed by atoms with van der Waals surface area (Å²) in [5.74, 6) is -6.59. The van der Waals surface area contributed by atoms with Gasteiger partial charge in [-0.15, -0.1) is 11.8 Å². The molecule has 186 valence electrons. The van der Waals surface area contributed by atoms with Crippen LogP contribution in [-0.2, 0) is 5.75 Å². The van der Waals surface area contributed by atoms with E-state index >= 15 is 4.39 Å². The second-order valence-corrected chi connectivity index (χ2v) is 10.1. The number of alkyl halides is 2. The topological polar surface area (TPSA) is 65.8 Å². The molecule has 0 saturated carbocycles. The van der Waals surface area contributed by atoms with Gasteiger partial charge < -0.3 is 10.0 Å². The lowest BCUT2D eigenvalue weighted by Crippen LogP contribution is -2.66. The van der Waals surface area contributed by atoms with Gasteiger partial charge >= 0.3 is 0 Å². The van der Waals surface area contributed by atoms with E-state index in [9.17, 15) is 27.9 Å². The molecule has 6 nitrogen and oxygen atoms in total. The van der Waals surface area contributed by atoms with Crippen LogP contribution in [0, 0.1) is 11.6 Å². The van der Waals surface area contributed by atoms with Gasteiger partial charge in [-0.05, 0) is 23.3 Å². The van der Waals surface area contributed by atoms with E-state index in [4.69, 9.17) is 0 Å². The molecule has 1 saturated heterocycles. The molecule has 1 amide bonds. The SMILES string of the molecule is O=C1c2c(O)c(=O)ccn2N([C@@H]2c3ccccc3SCc3c2ccc(F)c3F)[C@@H]2CC(F)(F)CCN12. The number of aromatic hydroxyl groups is 1. The van der Waals surface area contributed by atoms with Crippen molar-refractivity contribution in [3.8, 4) is 5.75 Å². The fourth-order valence-corrected chi connectivity index (χ4v) is 6.44. The van der Waals surface area contributed by atoms with Crippen LogP contribution in [0.5, 0.6) is 5.75 Å². The van der Waals surface area contributed by atoms with Crippen molar-refractivity contribution in [2.45, 2.75) is 41.6 Å². The minimum absolute atomic E-state index is 0.0824. The number of halogens is 4. The van der Waals surface area contributed by atoms with Gasteiger partial charge in [0.1, 0.15) is 6.17 Å². The quantitative estimate of drug-likeness (QED) is 0.486. The molecule has 1 fully saturated rings. The Labute approximate surface area is 206 Å². The monoisotopic (exact) mass is 517 g/mol. The second kappa shape index (κ2) is 8.02. The number of piperidine rings is 1. The summed E-state index contributed by atoms with van der Waals surface area (Å²) in [5.41, 5.74) is -0.0829. The summed E-state index contributed by atoms with van der Waals surface area (Å²) in [6.07, 6.45) is -1.22. The number of rotatable bonds is 1. The standard InChI is InChI=1S/C25H19F4N3O3S/c26-16-6-5-13-15(20(16)27)12-36-18-4-2-1-3-14(18)21(13)32-19-11-25(28,29)8-10-30(19)24(35)22-23(34)17(33)7-9-31(22)32/h1-7,9,19,21,34H,8,10-12H2/t19-,21+/m1/s1. The van der Waals surface area contributed by atoms with Crippen molar-refractivity contribution in [3.05, 3.63) is 92.9 Å². The third-order valence-electron chi connectivity index (χ3n) is 7.01. The van der Waals surface area contributed by atoms with Gasteiger partial charge in [-0.1, -0.05) is 24.3 Å². The number of nitrogens with zero attached hydrogens (tertiary/aromatic N) is 3. The molecule has 2 aromatic carbocycles. The Hall–Kier alpha value is -3.47. The fraction of sp³-hybridized carbons (Fsp3) is 0.280. The van der Waals surface area contributed by atoms with E-state index in [1.165, 1.54) is 38.6 Å². The molecule has 3 aliphatic heterocycles. The number of thioether (sulfide) groups is 1. The highest BCUT2D eigenvalue weighted by molar-refractivity contribution is 7.98. The van der Waals surface area contributed by atoms with Crippen molar-refractivity contribution in [1.82, 2.24) is 9.58 Å². The molecule has 11 heteroatoms. The third-order valence-corrected chi connectivity index (χ3v) is 8.12. The summed E-state index contributed by atoms with van der Waals surface area (Å²) >= 11 is 1.29. The van der Waals surface area contributed by atoms with Gasteiger partial charge in [-0.3, -0.25) is 19.3 Å². The first-order valence-corrected chi connectivity index (χ1v) is 12.3. The third kappa shape index (κ3) is 3.32. The summed E-state index contributed by atoms with van der Waals surface area (Å²) < 4.78 is 60.1. The summed E-state index contributed by atoms with van der Waals surface area (Å²) in [6, 6.07) is 9.63. The maximum atomic E-state index is 15.1. The van der Waals surface area contributed by atoms with E-state index in [0.29, 0.717) is 11.1 Å². The number of hydrogen-bond acceptors (Lipinski definition) is 5. The molecule has 0 aliphatic carbocycles. The molecule has 0 spiro atoms. The van der Waals surface area contributed by atoms with E-state index in [2.05, 4.69) is 0 Å². The number of amides is 1. The zero-order valence-electron chi connectivity index (χ0n) is 18.6. The number of aromatic nitrogens is 1. The van der Waals surface area contributed by atoms with Gasteiger partial charge in [0, 0.05) is 41.4 Å². The Bertz CT molecular complexity index is 1480. The van der Waals surface area contributed by atoms with Crippen LogP contribution in [0.25, 0.3) is 0 Å². The van der Waals surface area contributed by atoms with Crippen molar-refractivity contribution in [1.29, 1.82) is 0 Å². The van der Waals surface area contributed by atoms with Crippen molar-refractivity contribution in [3.63, 3.8) is 0 Å². The Morgan fingerprint density at radius 2 is 1.81 bits per heavy atom. The Kier molecular flexibility index (Phi) is 5.12. The minimum Gasteiger partial charge on any atom is -0.502 e. The van der Waals surface area contributed by atoms with Crippen LogP contribution in [0.1, 0.15) is 46.1 Å². The van der Waals surface area contributed by atoms with E-state index in [1.54, 1.807) is 24.3 Å². The molecule has 0 radical (unpaired) electrons. The highest BCUT2D eigenvalue weighted by Crippen LogP contribution is 2.47. The predicted octanol–water partition coefficient (Wildman–Crippen LogP) is 4.38. The highest BCUT2D eigenvalue weighted by atomic mass is 32.2. The van der Waals surface area contributed by atoms with Crippen LogP contribution < -0.4 is 10.4 Å². The number of fused-ring (bicyclic) bond motifs is 4. The molecule has 3 aliphatic rings. The minimum atomic E-state index is -3.09. The first-order chi connectivity index (χ1) is 17.2. The maximum Gasteiger partial charge on any atom is 0.278 e. The van der Waals surface area contributed by atoms with E-state index in [1.807, 2.05) is 0 Å². The van der Waals surface area contributed by atoms with E-state index < -0.39 is 59.7 Å². The molecule has 1 aromatic heterocycles. The van der Waals surface area contributed by atoms with Crippen LogP contribution in [0.4, 0.5) is 17.6 Å². The largest absolute Gasteiger partial charge is 0.502 e. The van der Waals surface area contributed by atoms with Crippen LogP contribution in [0.3, 0.4) is 0 Å². The molecule has 2 atom stereocenters. The number of carbonyl (C=O) groups excluding carboxylic acids is 1. The second-order valence-electron chi connectivity index (χ2n) is 9.05. The van der Waals surface area contributed by atoms with Gasteiger partial charge in [0.25, 0.3) is 11.8 Å². The summed E-state index contributed by atoms with van der Waals surface area (Å²) in [6.45, 7) is -0.302. The van der Waals surface area contributed by atoms with Crippen molar-refractivity contribution in [2.75, 3.05) is 11.6 Å².